The Hall–Kier alpha value is -1.22. The fourth-order valence-electron chi connectivity index (χ4n) is 2.46. The van der Waals surface area contributed by atoms with Crippen LogP contribution in [-0.4, -0.2) is 44.5 Å². The molecule has 0 heterocycles. The first kappa shape index (κ1) is 24.8. The predicted octanol–water partition coefficient (Wildman–Crippen LogP) is 3.89. The van der Waals surface area contributed by atoms with Crippen LogP contribution in [0.5, 0.6) is 11.5 Å². The molecule has 1 aromatic rings. The summed E-state index contributed by atoms with van der Waals surface area (Å²) < 4.78 is 10.9. The molecule has 0 saturated carbocycles. The zero-order chi connectivity index (χ0) is 18.7. The van der Waals surface area contributed by atoms with Crippen molar-refractivity contribution in [3.8, 4) is 11.5 Å². The summed E-state index contributed by atoms with van der Waals surface area (Å²) in [5.41, 5.74) is 0.699. The second kappa shape index (κ2) is 13.0. The lowest BCUT2D eigenvalue weighted by atomic mass is 9.83. The average Bonchev–Trinajstić information content (AvgIpc) is 2.64. The minimum absolute atomic E-state index is 0. The third kappa shape index (κ3) is 7.19. The Bertz CT molecular complexity index is 541. The van der Waals surface area contributed by atoms with Gasteiger partial charge < -0.3 is 25.2 Å². The molecule has 7 heteroatoms. The van der Waals surface area contributed by atoms with Gasteiger partial charge in [0.05, 0.1) is 26.9 Å². The summed E-state index contributed by atoms with van der Waals surface area (Å²) in [6.45, 7) is 10.2. The van der Waals surface area contributed by atoms with E-state index in [2.05, 4.69) is 29.5 Å². The normalized spacial score (nSPS) is 11.5. The molecular formula is C19H34IN3O3. The third-order valence-electron chi connectivity index (χ3n) is 4.48. The summed E-state index contributed by atoms with van der Waals surface area (Å²) in [7, 11) is 1.63. The standard InChI is InChI=1S/C19H33N3O3.HI/c1-6-19(7-2,14-23)13-21-18(20-8-3)22-15-10-11-16(24-5)17(12-15)25-9-4;/h10-12,23H,6-9,13-14H2,1-5H3,(H2,20,21,22);1H. The van der Waals surface area contributed by atoms with Crippen molar-refractivity contribution >= 4 is 35.6 Å². The van der Waals surface area contributed by atoms with Gasteiger partial charge in [-0.05, 0) is 38.8 Å². The average molecular weight is 479 g/mol. The molecule has 0 aliphatic carbocycles. The largest absolute Gasteiger partial charge is 0.493 e. The topological polar surface area (TPSA) is 75.1 Å². The number of hydrogen-bond donors (Lipinski definition) is 3. The van der Waals surface area contributed by atoms with Crippen LogP contribution in [0.1, 0.15) is 40.5 Å². The van der Waals surface area contributed by atoms with E-state index in [1.54, 1.807) is 7.11 Å². The SMILES string of the molecule is CCNC(=NCC(CC)(CC)CO)Nc1ccc(OC)c(OCC)c1.I. The van der Waals surface area contributed by atoms with Crippen molar-refractivity contribution in [2.24, 2.45) is 10.4 Å². The maximum absolute atomic E-state index is 9.72. The number of aliphatic hydroxyl groups excluding tert-OH is 1. The Labute approximate surface area is 174 Å². The summed E-state index contributed by atoms with van der Waals surface area (Å²) in [4.78, 5) is 4.67. The van der Waals surface area contributed by atoms with E-state index in [4.69, 9.17) is 9.47 Å². The molecule has 0 aromatic heterocycles. The molecule has 6 nitrogen and oxygen atoms in total. The number of anilines is 1. The van der Waals surface area contributed by atoms with Crippen molar-refractivity contribution in [2.45, 2.75) is 40.5 Å². The Morgan fingerprint density at radius 1 is 1.15 bits per heavy atom. The number of nitrogens with zero attached hydrogens (tertiary/aromatic N) is 1. The molecular weight excluding hydrogens is 445 g/mol. The Morgan fingerprint density at radius 2 is 1.85 bits per heavy atom. The number of halogens is 1. The van der Waals surface area contributed by atoms with Gasteiger partial charge in [0.1, 0.15) is 0 Å². The molecule has 1 aromatic carbocycles. The maximum atomic E-state index is 9.72. The zero-order valence-corrected chi connectivity index (χ0v) is 18.9. The summed E-state index contributed by atoms with van der Waals surface area (Å²) in [6, 6.07) is 5.69. The van der Waals surface area contributed by atoms with Gasteiger partial charge >= 0.3 is 0 Å². The zero-order valence-electron chi connectivity index (χ0n) is 16.6. The van der Waals surface area contributed by atoms with Crippen LogP contribution in [-0.2, 0) is 0 Å². The van der Waals surface area contributed by atoms with Crippen LogP contribution in [0.25, 0.3) is 0 Å². The number of nitrogens with one attached hydrogen (secondary N) is 2. The molecule has 0 saturated heterocycles. The van der Waals surface area contributed by atoms with Crippen LogP contribution < -0.4 is 20.1 Å². The smallest absolute Gasteiger partial charge is 0.195 e. The van der Waals surface area contributed by atoms with Crippen molar-refractivity contribution in [3.05, 3.63) is 18.2 Å². The van der Waals surface area contributed by atoms with Crippen LogP contribution in [0.4, 0.5) is 5.69 Å². The van der Waals surface area contributed by atoms with Gasteiger partial charge in [0.15, 0.2) is 17.5 Å². The van der Waals surface area contributed by atoms with E-state index >= 15 is 0 Å². The van der Waals surface area contributed by atoms with Gasteiger partial charge in [-0.1, -0.05) is 13.8 Å². The quantitative estimate of drug-likeness (QED) is 0.270. The Balaban J connectivity index is 0.00000625. The molecule has 0 amide bonds. The lowest BCUT2D eigenvalue weighted by Crippen LogP contribution is -2.34. The number of aliphatic hydroxyl groups is 1. The summed E-state index contributed by atoms with van der Waals surface area (Å²) >= 11 is 0. The van der Waals surface area contributed by atoms with Crippen LogP contribution in [0.2, 0.25) is 0 Å². The van der Waals surface area contributed by atoms with E-state index in [-0.39, 0.29) is 36.0 Å². The summed E-state index contributed by atoms with van der Waals surface area (Å²) in [6.07, 6.45) is 1.78. The molecule has 150 valence electrons. The lowest BCUT2D eigenvalue weighted by molar-refractivity contribution is 0.123. The minimum atomic E-state index is -0.168. The number of hydrogen-bond acceptors (Lipinski definition) is 4. The highest BCUT2D eigenvalue weighted by molar-refractivity contribution is 14.0. The molecule has 0 atom stereocenters. The number of guanidine groups is 1. The molecule has 0 aliphatic heterocycles. The van der Waals surface area contributed by atoms with Crippen molar-refractivity contribution in [1.29, 1.82) is 0 Å². The summed E-state index contributed by atoms with van der Waals surface area (Å²) in [5.74, 6) is 2.08. The van der Waals surface area contributed by atoms with Crippen LogP contribution in [0, 0.1) is 5.41 Å². The maximum Gasteiger partial charge on any atom is 0.195 e. The van der Waals surface area contributed by atoms with Crippen molar-refractivity contribution in [3.63, 3.8) is 0 Å². The number of benzene rings is 1. The van der Waals surface area contributed by atoms with Gasteiger partial charge in [0.2, 0.25) is 0 Å². The summed E-state index contributed by atoms with van der Waals surface area (Å²) in [5, 5.41) is 16.3. The molecule has 0 unspecified atom stereocenters. The fourth-order valence-corrected chi connectivity index (χ4v) is 2.46. The fraction of sp³-hybridized carbons (Fsp3) is 0.632. The van der Waals surface area contributed by atoms with Crippen LogP contribution >= 0.6 is 24.0 Å². The van der Waals surface area contributed by atoms with E-state index < -0.39 is 0 Å². The number of aliphatic imine (C=N–C) groups is 1. The second-order valence-corrected chi connectivity index (χ2v) is 5.98. The lowest BCUT2D eigenvalue weighted by Gasteiger charge is -2.27. The molecule has 3 N–H and O–H groups in total. The second-order valence-electron chi connectivity index (χ2n) is 5.98. The third-order valence-corrected chi connectivity index (χ3v) is 4.48. The van der Waals surface area contributed by atoms with Crippen LogP contribution in [0.3, 0.4) is 0 Å². The van der Waals surface area contributed by atoms with Gasteiger partial charge in [-0.3, -0.25) is 4.99 Å². The molecule has 0 bridgehead atoms. The molecule has 0 aliphatic rings. The number of rotatable bonds is 10. The minimum Gasteiger partial charge on any atom is -0.493 e. The molecule has 0 radical (unpaired) electrons. The van der Waals surface area contributed by atoms with Gasteiger partial charge in [0.25, 0.3) is 0 Å². The van der Waals surface area contributed by atoms with E-state index in [9.17, 15) is 5.11 Å². The molecule has 0 fully saturated rings. The monoisotopic (exact) mass is 479 g/mol. The molecule has 26 heavy (non-hydrogen) atoms. The first-order chi connectivity index (χ1) is 12.1. The number of ether oxygens (including phenoxy) is 2. The molecule has 1 rings (SSSR count). The highest BCUT2D eigenvalue weighted by atomic mass is 127. The number of methoxy groups -OCH3 is 1. The van der Waals surface area contributed by atoms with Gasteiger partial charge in [-0.25, -0.2) is 0 Å². The molecule has 0 spiro atoms. The van der Waals surface area contributed by atoms with E-state index in [1.165, 1.54) is 0 Å². The highest BCUT2D eigenvalue weighted by Crippen LogP contribution is 2.30. The van der Waals surface area contributed by atoms with Crippen molar-refractivity contribution in [1.82, 2.24) is 5.32 Å². The van der Waals surface area contributed by atoms with E-state index in [1.807, 2.05) is 32.0 Å². The van der Waals surface area contributed by atoms with Gasteiger partial charge in [-0.15, -0.1) is 24.0 Å². The van der Waals surface area contributed by atoms with Crippen LogP contribution in [0.15, 0.2) is 23.2 Å². The van der Waals surface area contributed by atoms with E-state index in [0.29, 0.717) is 30.6 Å². The Kier molecular flexibility index (Phi) is 12.4. The highest BCUT2D eigenvalue weighted by Gasteiger charge is 2.25. The van der Waals surface area contributed by atoms with Gasteiger partial charge in [-0.2, -0.15) is 0 Å². The predicted molar refractivity (Wildman–Crippen MR) is 119 cm³/mol. The first-order valence-electron chi connectivity index (χ1n) is 9.05. The van der Waals surface area contributed by atoms with Crippen molar-refractivity contribution in [2.75, 3.05) is 38.7 Å². The Morgan fingerprint density at radius 3 is 2.35 bits per heavy atom. The van der Waals surface area contributed by atoms with Gasteiger partial charge in [0, 0.05) is 23.7 Å². The van der Waals surface area contributed by atoms with E-state index in [0.717, 1.165) is 25.1 Å². The van der Waals surface area contributed by atoms with Crippen molar-refractivity contribution < 1.29 is 14.6 Å². The first-order valence-corrected chi connectivity index (χ1v) is 9.05.